The van der Waals surface area contributed by atoms with E-state index in [9.17, 15) is 4.79 Å². The predicted octanol–water partition coefficient (Wildman–Crippen LogP) is 4.42. The lowest BCUT2D eigenvalue weighted by molar-refractivity contribution is 0.0950. The van der Waals surface area contributed by atoms with Crippen LogP contribution in [-0.2, 0) is 6.54 Å². The summed E-state index contributed by atoms with van der Waals surface area (Å²) in [5.41, 5.74) is 2.32. The van der Waals surface area contributed by atoms with Crippen molar-refractivity contribution in [3.05, 3.63) is 83.0 Å². The third-order valence-corrected chi connectivity index (χ3v) is 3.97. The summed E-state index contributed by atoms with van der Waals surface area (Å²) in [6.45, 7) is 0.436. The fourth-order valence-electron chi connectivity index (χ4n) is 2.34. The number of nitrogens with zero attached hydrogens (tertiary/aromatic N) is 1. The number of pyridine rings is 1. The quantitative estimate of drug-likeness (QED) is 0.677. The molecule has 1 heterocycles. The van der Waals surface area contributed by atoms with Gasteiger partial charge in [0.25, 0.3) is 5.91 Å². The first-order chi connectivity index (χ1) is 12.6. The number of amides is 1. The summed E-state index contributed by atoms with van der Waals surface area (Å²) in [6, 6.07) is 18.4. The van der Waals surface area contributed by atoms with E-state index in [1.807, 2.05) is 36.4 Å². The number of rotatable bonds is 6. The standard InChI is InChI=1S/C20H18ClN3O2/c1-26-18-8-5-14(6-9-18)12-23-20(25)15-7-10-19(22-13-15)24-17-4-2-3-16(21)11-17/h2-11,13H,12H2,1H3,(H,22,24)(H,23,25). The van der Waals surface area contributed by atoms with Gasteiger partial charge in [0, 0.05) is 23.5 Å². The van der Waals surface area contributed by atoms with E-state index in [2.05, 4.69) is 15.6 Å². The highest BCUT2D eigenvalue weighted by atomic mass is 35.5. The van der Waals surface area contributed by atoms with Gasteiger partial charge < -0.3 is 15.4 Å². The summed E-state index contributed by atoms with van der Waals surface area (Å²) in [4.78, 5) is 16.5. The topological polar surface area (TPSA) is 63.2 Å². The zero-order chi connectivity index (χ0) is 18.4. The highest BCUT2D eigenvalue weighted by Crippen LogP contribution is 2.19. The van der Waals surface area contributed by atoms with E-state index in [0.29, 0.717) is 22.9 Å². The molecule has 0 aliphatic rings. The average Bonchev–Trinajstić information content (AvgIpc) is 2.67. The van der Waals surface area contributed by atoms with Crippen LogP contribution in [0.15, 0.2) is 66.9 Å². The molecule has 1 amide bonds. The van der Waals surface area contributed by atoms with E-state index in [1.165, 1.54) is 6.20 Å². The molecule has 0 bridgehead atoms. The Hall–Kier alpha value is -3.05. The number of anilines is 2. The van der Waals surface area contributed by atoms with Crippen molar-refractivity contribution in [3.8, 4) is 5.75 Å². The Labute approximate surface area is 157 Å². The molecular weight excluding hydrogens is 350 g/mol. The summed E-state index contributed by atoms with van der Waals surface area (Å²) in [5.74, 6) is 1.24. The van der Waals surface area contributed by atoms with Gasteiger partial charge in [-0.05, 0) is 48.0 Å². The number of halogens is 1. The number of carbonyl (C=O) groups is 1. The fraction of sp³-hybridized carbons (Fsp3) is 0.100. The Bertz CT molecular complexity index is 880. The molecule has 2 aromatic carbocycles. The maximum Gasteiger partial charge on any atom is 0.253 e. The Morgan fingerprint density at radius 3 is 2.58 bits per heavy atom. The minimum absolute atomic E-state index is 0.178. The minimum atomic E-state index is -0.178. The summed E-state index contributed by atoms with van der Waals surface area (Å²) in [7, 11) is 1.62. The fourth-order valence-corrected chi connectivity index (χ4v) is 2.53. The third-order valence-electron chi connectivity index (χ3n) is 3.73. The van der Waals surface area contributed by atoms with Crippen molar-refractivity contribution in [1.82, 2.24) is 10.3 Å². The van der Waals surface area contributed by atoms with Gasteiger partial charge in [0.05, 0.1) is 12.7 Å². The van der Waals surface area contributed by atoms with Gasteiger partial charge in [-0.2, -0.15) is 0 Å². The van der Waals surface area contributed by atoms with Gasteiger partial charge in [0.15, 0.2) is 0 Å². The lowest BCUT2D eigenvalue weighted by Crippen LogP contribution is -2.22. The summed E-state index contributed by atoms with van der Waals surface area (Å²) < 4.78 is 5.12. The summed E-state index contributed by atoms with van der Waals surface area (Å²) >= 11 is 5.96. The van der Waals surface area contributed by atoms with Crippen LogP contribution in [0.1, 0.15) is 15.9 Å². The van der Waals surface area contributed by atoms with Gasteiger partial charge in [0.2, 0.25) is 0 Å². The Kier molecular flexibility index (Phi) is 5.71. The molecule has 0 atom stereocenters. The number of methoxy groups -OCH3 is 1. The highest BCUT2D eigenvalue weighted by molar-refractivity contribution is 6.30. The molecular formula is C20H18ClN3O2. The summed E-state index contributed by atoms with van der Waals surface area (Å²) in [5, 5.41) is 6.66. The van der Waals surface area contributed by atoms with Gasteiger partial charge >= 0.3 is 0 Å². The zero-order valence-electron chi connectivity index (χ0n) is 14.2. The molecule has 6 heteroatoms. The van der Waals surface area contributed by atoms with E-state index >= 15 is 0 Å². The van der Waals surface area contributed by atoms with E-state index < -0.39 is 0 Å². The van der Waals surface area contributed by atoms with Crippen LogP contribution in [-0.4, -0.2) is 18.0 Å². The van der Waals surface area contributed by atoms with Crippen LogP contribution in [0.2, 0.25) is 5.02 Å². The maximum atomic E-state index is 12.2. The van der Waals surface area contributed by atoms with Crippen LogP contribution in [0.3, 0.4) is 0 Å². The van der Waals surface area contributed by atoms with Crippen LogP contribution in [0.25, 0.3) is 0 Å². The Morgan fingerprint density at radius 1 is 1.12 bits per heavy atom. The smallest absolute Gasteiger partial charge is 0.253 e. The molecule has 5 nitrogen and oxygen atoms in total. The lowest BCUT2D eigenvalue weighted by atomic mass is 10.2. The number of hydrogen-bond donors (Lipinski definition) is 2. The molecule has 26 heavy (non-hydrogen) atoms. The van der Waals surface area contributed by atoms with Crippen molar-refractivity contribution in [3.63, 3.8) is 0 Å². The zero-order valence-corrected chi connectivity index (χ0v) is 15.0. The number of hydrogen-bond acceptors (Lipinski definition) is 4. The SMILES string of the molecule is COc1ccc(CNC(=O)c2ccc(Nc3cccc(Cl)c3)nc2)cc1. The van der Waals surface area contributed by atoms with E-state index in [4.69, 9.17) is 16.3 Å². The Balaban J connectivity index is 1.57. The van der Waals surface area contributed by atoms with Gasteiger partial charge in [-0.25, -0.2) is 4.98 Å². The molecule has 3 aromatic rings. The molecule has 0 fully saturated rings. The molecule has 0 saturated heterocycles. The molecule has 0 unspecified atom stereocenters. The second kappa shape index (κ2) is 8.36. The molecule has 2 N–H and O–H groups in total. The van der Waals surface area contributed by atoms with Gasteiger partial charge in [-0.15, -0.1) is 0 Å². The molecule has 0 spiro atoms. The van der Waals surface area contributed by atoms with Crippen molar-refractivity contribution in [1.29, 1.82) is 0 Å². The first-order valence-corrected chi connectivity index (χ1v) is 8.41. The number of aromatic nitrogens is 1. The summed E-state index contributed by atoms with van der Waals surface area (Å²) in [6.07, 6.45) is 1.54. The number of benzene rings is 2. The van der Waals surface area contributed by atoms with E-state index in [-0.39, 0.29) is 5.91 Å². The average molecular weight is 368 g/mol. The number of carbonyl (C=O) groups excluding carboxylic acids is 1. The van der Waals surface area contributed by atoms with Crippen LogP contribution in [0.4, 0.5) is 11.5 Å². The van der Waals surface area contributed by atoms with Crippen molar-refractivity contribution in [2.75, 3.05) is 12.4 Å². The van der Waals surface area contributed by atoms with Gasteiger partial charge in [0.1, 0.15) is 11.6 Å². The monoisotopic (exact) mass is 367 g/mol. The number of nitrogens with one attached hydrogen (secondary N) is 2. The second-order valence-corrected chi connectivity index (χ2v) is 6.03. The van der Waals surface area contributed by atoms with Gasteiger partial charge in [-0.1, -0.05) is 29.8 Å². The Morgan fingerprint density at radius 2 is 1.92 bits per heavy atom. The van der Waals surface area contributed by atoms with E-state index in [0.717, 1.165) is 17.0 Å². The van der Waals surface area contributed by atoms with Crippen molar-refractivity contribution < 1.29 is 9.53 Å². The molecule has 3 rings (SSSR count). The maximum absolute atomic E-state index is 12.2. The first kappa shape index (κ1) is 17.8. The van der Waals surface area contributed by atoms with Crippen molar-refractivity contribution >= 4 is 29.0 Å². The van der Waals surface area contributed by atoms with Crippen LogP contribution in [0, 0.1) is 0 Å². The van der Waals surface area contributed by atoms with E-state index in [1.54, 1.807) is 31.4 Å². The lowest BCUT2D eigenvalue weighted by Gasteiger charge is -2.08. The predicted molar refractivity (Wildman–Crippen MR) is 103 cm³/mol. The first-order valence-electron chi connectivity index (χ1n) is 8.04. The normalized spacial score (nSPS) is 10.2. The van der Waals surface area contributed by atoms with Crippen LogP contribution >= 0.6 is 11.6 Å². The molecule has 0 radical (unpaired) electrons. The van der Waals surface area contributed by atoms with Crippen molar-refractivity contribution in [2.24, 2.45) is 0 Å². The largest absolute Gasteiger partial charge is 0.497 e. The van der Waals surface area contributed by atoms with Crippen molar-refractivity contribution in [2.45, 2.75) is 6.54 Å². The second-order valence-electron chi connectivity index (χ2n) is 5.60. The molecule has 0 aliphatic carbocycles. The minimum Gasteiger partial charge on any atom is -0.497 e. The molecule has 0 saturated carbocycles. The highest BCUT2D eigenvalue weighted by Gasteiger charge is 2.06. The number of ether oxygens (including phenoxy) is 1. The van der Waals surface area contributed by atoms with Crippen LogP contribution < -0.4 is 15.4 Å². The van der Waals surface area contributed by atoms with Crippen LogP contribution in [0.5, 0.6) is 5.75 Å². The van der Waals surface area contributed by atoms with Gasteiger partial charge in [-0.3, -0.25) is 4.79 Å². The third kappa shape index (κ3) is 4.74. The molecule has 132 valence electrons. The molecule has 0 aliphatic heterocycles. The molecule has 1 aromatic heterocycles.